The Morgan fingerprint density at radius 2 is 1.84 bits per heavy atom. The van der Waals surface area contributed by atoms with Gasteiger partial charge < -0.3 is 11.1 Å². The molecule has 1 unspecified atom stereocenters. The second-order valence-electron chi connectivity index (χ2n) is 8.11. The van der Waals surface area contributed by atoms with E-state index >= 15 is 0 Å². The van der Waals surface area contributed by atoms with E-state index < -0.39 is 0 Å². The molecule has 0 radical (unpaired) electrons. The maximum Gasteiger partial charge on any atom is 0.258 e. The van der Waals surface area contributed by atoms with Crippen molar-refractivity contribution >= 4 is 29.1 Å². The third-order valence-electron chi connectivity index (χ3n) is 5.75. The first-order valence-corrected chi connectivity index (χ1v) is 11.0. The Morgan fingerprint density at radius 1 is 1.09 bits per heavy atom. The van der Waals surface area contributed by atoms with Crippen LogP contribution in [-0.4, -0.2) is 39.6 Å². The largest absolute Gasteiger partial charge is 0.369 e. The molecule has 1 aliphatic rings. The number of anilines is 1. The number of amides is 2. The zero-order valence-corrected chi connectivity index (χ0v) is 18.5. The predicted octanol–water partition coefficient (Wildman–Crippen LogP) is 3.53. The number of aromatic nitrogens is 2. The summed E-state index contributed by atoms with van der Waals surface area (Å²) in [5.41, 5.74) is 8.65. The second-order valence-corrected chi connectivity index (χ2v) is 8.51. The van der Waals surface area contributed by atoms with Crippen molar-refractivity contribution in [2.75, 3.05) is 18.4 Å². The van der Waals surface area contributed by atoms with E-state index in [2.05, 4.69) is 15.3 Å². The van der Waals surface area contributed by atoms with Gasteiger partial charge in [0, 0.05) is 30.0 Å². The molecule has 1 fully saturated rings. The molecule has 7 nitrogen and oxygen atoms in total. The molecule has 8 heteroatoms. The minimum Gasteiger partial charge on any atom is -0.369 e. The Labute approximate surface area is 192 Å². The van der Waals surface area contributed by atoms with Gasteiger partial charge in [0.05, 0.1) is 24.2 Å². The van der Waals surface area contributed by atoms with Crippen LogP contribution in [0.3, 0.4) is 0 Å². The number of para-hydroxylation sites is 1. The summed E-state index contributed by atoms with van der Waals surface area (Å²) in [6.45, 7) is 2.68. The molecule has 3 N–H and O–H groups in total. The molecule has 1 atom stereocenters. The normalized spacial score (nSPS) is 16.6. The number of piperidine rings is 1. The minimum atomic E-state index is -0.245. The summed E-state index contributed by atoms with van der Waals surface area (Å²) in [6, 6.07) is 15.3. The van der Waals surface area contributed by atoms with Crippen LogP contribution in [0.5, 0.6) is 0 Å². The average Bonchev–Trinajstić information content (AvgIpc) is 3.26. The first kappa shape index (κ1) is 22.0. The number of benzene rings is 2. The highest BCUT2D eigenvalue weighted by Gasteiger charge is 2.24. The molecular formula is C24H26ClN5O2. The third kappa shape index (κ3) is 5.36. The van der Waals surface area contributed by atoms with Gasteiger partial charge in [-0.3, -0.25) is 19.2 Å². The van der Waals surface area contributed by atoms with Gasteiger partial charge in [-0.05, 0) is 42.6 Å². The van der Waals surface area contributed by atoms with Crippen LogP contribution >= 0.6 is 11.6 Å². The molecule has 2 aromatic carbocycles. The Bertz CT molecular complexity index is 1110. The third-order valence-corrected chi connectivity index (χ3v) is 6.12. The molecule has 3 aromatic rings. The molecule has 0 saturated carbocycles. The maximum atomic E-state index is 12.9. The van der Waals surface area contributed by atoms with Crippen LogP contribution in [0.1, 0.15) is 34.3 Å². The van der Waals surface area contributed by atoms with E-state index in [0.717, 1.165) is 36.2 Å². The minimum absolute atomic E-state index is 0.116. The molecule has 0 bridgehead atoms. The Morgan fingerprint density at radius 3 is 2.62 bits per heavy atom. The fraction of sp³-hybridized carbons (Fsp3) is 0.292. The van der Waals surface area contributed by atoms with Crippen molar-refractivity contribution in [3.63, 3.8) is 0 Å². The van der Waals surface area contributed by atoms with Crippen LogP contribution in [0.4, 0.5) is 5.69 Å². The van der Waals surface area contributed by atoms with Crippen molar-refractivity contribution in [3.8, 4) is 0 Å². The summed E-state index contributed by atoms with van der Waals surface area (Å²) in [5, 5.41) is 7.97. The van der Waals surface area contributed by atoms with Crippen LogP contribution in [0.2, 0.25) is 5.02 Å². The SMILES string of the molecule is NC(=O)C1CCCN(Cc2ccccc2NC(=O)c2cnn(Cc3ccccc3Cl)c2)C1. The smallest absolute Gasteiger partial charge is 0.258 e. The number of nitrogens with one attached hydrogen (secondary N) is 1. The average molecular weight is 452 g/mol. The number of hydrogen-bond donors (Lipinski definition) is 2. The topological polar surface area (TPSA) is 93.2 Å². The highest BCUT2D eigenvalue weighted by molar-refractivity contribution is 6.31. The van der Waals surface area contributed by atoms with E-state index in [4.69, 9.17) is 17.3 Å². The monoisotopic (exact) mass is 451 g/mol. The standard InChI is InChI=1S/C24H26ClN5O2/c25-21-9-3-1-6-17(21)15-30-16-20(12-27-30)24(32)28-22-10-4-2-7-18(22)13-29-11-5-8-19(14-29)23(26)31/h1-4,6-7,9-10,12,16,19H,5,8,11,13-15H2,(H2,26,31)(H,28,32). The van der Waals surface area contributed by atoms with Gasteiger partial charge in [0.1, 0.15) is 0 Å². The molecule has 1 saturated heterocycles. The summed E-state index contributed by atoms with van der Waals surface area (Å²) < 4.78 is 1.69. The van der Waals surface area contributed by atoms with Crippen molar-refractivity contribution in [1.82, 2.24) is 14.7 Å². The van der Waals surface area contributed by atoms with Crippen LogP contribution < -0.4 is 11.1 Å². The number of carbonyl (C=O) groups excluding carboxylic acids is 2. The zero-order valence-electron chi connectivity index (χ0n) is 17.7. The highest BCUT2D eigenvalue weighted by Crippen LogP contribution is 2.23. The summed E-state index contributed by atoms with van der Waals surface area (Å²) in [4.78, 5) is 26.7. The van der Waals surface area contributed by atoms with Crippen molar-refractivity contribution in [2.24, 2.45) is 11.7 Å². The summed E-state index contributed by atoms with van der Waals surface area (Å²) in [6.07, 6.45) is 5.04. The number of likely N-dealkylation sites (tertiary alicyclic amines) is 1. The fourth-order valence-electron chi connectivity index (χ4n) is 4.02. The van der Waals surface area contributed by atoms with E-state index in [1.165, 1.54) is 0 Å². The van der Waals surface area contributed by atoms with Crippen LogP contribution in [0.25, 0.3) is 0 Å². The molecule has 0 spiro atoms. The fourth-order valence-corrected chi connectivity index (χ4v) is 4.21. The zero-order chi connectivity index (χ0) is 22.5. The number of hydrogen-bond acceptors (Lipinski definition) is 4. The van der Waals surface area contributed by atoms with Crippen LogP contribution in [-0.2, 0) is 17.9 Å². The van der Waals surface area contributed by atoms with Crippen LogP contribution in [0.15, 0.2) is 60.9 Å². The molecule has 2 heterocycles. The number of rotatable bonds is 7. The van der Waals surface area contributed by atoms with Gasteiger partial charge in [-0.2, -0.15) is 5.10 Å². The number of primary amides is 1. The molecule has 166 valence electrons. The lowest BCUT2D eigenvalue weighted by Gasteiger charge is -2.31. The number of halogens is 1. The molecule has 1 aliphatic heterocycles. The second kappa shape index (κ2) is 9.97. The lowest BCUT2D eigenvalue weighted by Crippen LogP contribution is -2.40. The van der Waals surface area contributed by atoms with Gasteiger partial charge in [-0.25, -0.2) is 0 Å². The molecule has 2 amide bonds. The Hall–Kier alpha value is -3.16. The van der Waals surface area contributed by atoms with Crippen molar-refractivity contribution in [1.29, 1.82) is 0 Å². The number of carbonyl (C=O) groups is 2. The lowest BCUT2D eigenvalue weighted by molar-refractivity contribution is -0.123. The number of nitrogens with two attached hydrogens (primary N) is 1. The maximum absolute atomic E-state index is 12.9. The Kier molecular flexibility index (Phi) is 6.87. The quantitative estimate of drug-likeness (QED) is 0.574. The van der Waals surface area contributed by atoms with E-state index in [-0.39, 0.29) is 17.7 Å². The lowest BCUT2D eigenvalue weighted by atomic mass is 9.97. The van der Waals surface area contributed by atoms with Crippen molar-refractivity contribution in [3.05, 3.63) is 82.6 Å². The van der Waals surface area contributed by atoms with Crippen molar-refractivity contribution in [2.45, 2.75) is 25.9 Å². The van der Waals surface area contributed by atoms with Crippen molar-refractivity contribution < 1.29 is 9.59 Å². The molecule has 1 aromatic heterocycles. The number of nitrogens with zero attached hydrogens (tertiary/aromatic N) is 3. The first-order chi connectivity index (χ1) is 15.5. The highest BCUT2D eigenvalue weighted by atomic mass is 35.5. The van der Waals surface area contributed by atoms with Gasteiger partial charge >= 0.3 is 0 Å². The van der Waals surface area contributed by atoms with Gasteiger partial charge in [0.2, 0.25) is 5.91 Å². The van der Waals surface area contributed by atoms with Gasteiger partial charge in [0.25, 0.3) is 5.91 Å². The van der Waals surface area contributed by atoms with E-state index in [1.807, 2.05) is 48.5 Å². The van der Waals surface area contributed by atoms with Gasteiger partial charge in [-0.1, -0.05) is 48.0 Å². The van der Waals surface area contributed by atoms with E-state index in [1.54, 1.807) is 17.1 Å². The summed E-state index contributed by atoms with van der Waals surface area (Å²) >= 11 is 6.22. The summed E-state index contributed by atoms with van der Waals surface area (Å²) in [5.74, 6) is -0.587. The van der Waals surface area contributed by atoms with E-state index in [0.29, 0.717) is 30.2 Å². The Balaban J connectivity index is 1.42. The molecular weight excluding hydrogens is 426 g/mol. The van der Waals surface area contributed by atoms with E-state index in [9.17, 15) is 9.59 Å². The van der Waals surface area contributed by atoms with Gasteiger partial charge in [0.15, 0.2) is 0 Å². The summed E-state index contributed by atoms with van der Waals surface area (Å²) in [7, 11) is 0. The van der Waals surface area contributed by atoms with Crippen LogP contribution in [0, 0.1) is 5.92 Å². The molecule has 0 aliphatic carbocycles. The molecule has 4 rings (SSSR count). The predicted molar refractivity (Wildman–Crippen MR) is 124 cm³/mol. The molecule has 32 heavy (non-hydrogen) atoms. The van der Waals surface area contributed by atoms with Gasteiger partial charge in [-0.15, -0.1) is 0 Å². The first-order valence-electron chi connectivity index (χ1n) is 10.7.